The Bertz CT molecular complexity index is 2250. The molecule has 0 bridgehead atoms. The number of piperidine rings is 1. The summed E-state index contributed by atoms with van der Waals surface area (Å²) < 4.78 is 69.0. The second kappa shape index (κ2) is 19.4. The molecule has 1 aromatic heterocycles. The Morgan fingerprint density at radius 2 is 1.85 bits per heavy atom. The van der Waals surface area contributed by atoms with Crippen LogP contribution in [0.4, 0.5) is 34.6 Å². The molecule has 0 radical (unpaired) electrons. The van der Waals surface area contributed by atoms with Crippen molar-refractivity contribution in [2.45, 2.75) is 76.7 Å². The Balaban J connectivity index is 1.09. The van der Waals surface area contributed by atoms with E-state index < -0.39 is 43.1 Å². The van der Waals surface area contributed by atoms with Gasteiger partial charge in [-0.2, -0.15) is 13.2 Å². The minimum absolute atomic E-state index is 0.00629. The van der Waals surface area contributed by atoms with E-state index in [1.807, 2.05) is 62.9 Å². The fraction of sp³-hybridized carbons (Fsp3) is 0.467. The summed E-state index contributed by atoms with van der Waals surface area (Å²) in [6, 6.07) is 15.8. The van der Waals surface area contributed by atoms with Crippen LogP contribution >= 0.6 is 0 Å². The van der Waals surface area contributed by atoms with Crippen LogP contribution in [0.3, 0.4) is 0 Å². The average molecular weight is 850 g/mol. The predicted molar refractivity (Wildman–Crippen MR) is 229 cm³/mol. The summed E-state index contributed by atoms with van der Waals surface area (Å²) in [4.78, 5) is 30.1. The Labute approximate surface area is 353 Å². The maximum absolute atomic E-state index is 14.9. The van der Waals surface area contributed by atoms with Crippen LogP contribution in [0, 0.1) is 17.8 Å². The van der Waals surface area contributed by atoms with Gasteiger partial charge in [-0.05, 0) is 86.7 Å². The molecule has 0 spiro atoms. The number of aliphatic hydroxyl groups is 1. The van der Waals surface area contributed by atoms with Gasteiger partial charge in [0.05, 0.1) is 55.8 Å². The monoisotopic (exact) mass is 849 g/mol. The van der Waals surface area contributed by atoms with Gasteiger partial charge in [-0.1, -0.05) is 31.9 Å². The van der Waals surface area contributed by atoms with Crippen molar-refractivity contribution in [1.29, 1.82) is 0 Å². The molecule has 6 rings (SSSR count). The van der Waals surface area contributed by atoms with Crippen LogP contribution in [0.15, 0.2) is 60.7 Å². The number of ether oxygens (including phenoxy) is 2. The van der Waals surface area contributed by atoms with Gasteiger partial charge in [-0.25, -0.2) is 4.39 Å². The van der Waals surface area contributed by atoms with Crippen molar-refractivity contribution in [1.82, 2.24) is 20.1 Å². The second-order valence-electron chi connectivity index (χ2n) is 16.2. The van der Waals surface area contributed by atoms with E-state index in [0.717, 1.165) is 15.8 Å². The summed E-state index contributed by atoms with van der Waals surface area (Å²) in [6.45, 7) is 5.58. The topological polar surface area (TPSA) is 132 Å². The number of likely N-dealkylation sites (tertiary alicyclic amines) is 1. The molecular weight excluding hydrogens is 795 g/mol. The standard InChI is InChI=1S/C45H55F4N7O5/c1-27(2)42-44(59)52-31(25-57)19-29-12-14-33(22-40(29)55(42)5)61-28(3)23-51-43(58)30-13-15-38(41(20-30)60-6)50-17-8-9-32-21-34-36(53-37-16-18-54(4)24-35(37)46)10-7-11-39(34)56(32)26-45(47,48)49/h7,10-15,20-22,27-28,31,35,37,42,50,53,57H,16-19,23-26H2,1-6H3,(H,51,58)(H,52,59)/t28?,31-,35-,37+,42-/m0/s1. The van der Waals surface area contributed by atoms with Gasteiger partial charge in [0.1, 0.15) is 36.4 Å². The average Bonchev–Trinajstić information content (AvgIpc) is 3.55. The second-order valence-corrected chi connectivity index (χ2v) is 16.2. The number of nitrogens with one attached hydrogen (secondary N) is 4. The number of benzene rings is 3. The van der Waals surface area contributed by atoms with Crippen molar-refractivity contribution >= 4 is 39.8 Å². The molecule has 2 aliphatic rings. The minimum atomic E-state index is -4.50. The first-order valence-corrected chi connectivity index (χ1v) is 20.5. The molecular formula is C45H55F4N7O5. The van der Waals surface area contributed by atoms with E-state index in [4.69, 9.17) is 9.47 Å². The van der Waals surface area contributed by atoms with Crippen LogP contribution in [-0.4, -0.2) is 117 Å². The van der Waals surface area contributed by atoms with E-state index in [-0.39, 0.29) is 49.7 Å². The zero-order valence-electron chi connectivity index (χ0n) is 35.3. The predicted octanol–water partition coefficient (Wildman–Crippen LogP) is 5.82. The molecule has 16 heteroatoms. The first-order valence-electron chi connectivity index (χ1n) is 20.5. The van der Waals surface area contributed by atoms with Gasteiger partial charge in [0, 0.05) is 48.5 Å². The number of carbonyl (C=O) groups is 2. The Hall–Kier alpha value is -5.66. The normalized spacial score (nSPS) is 20.1. The van der Waals surface area contributed by atoms with Gasteiger partial charge in [0.25, 0.3) is 5.91 Å². The highest BCUT2D eigenvalue weighted by Gasteiger charge is 2.33. The number of fused-ring (bicyclic) bond motifs is 2. The molecule has 1 fully saturated rings. The lowest BCUT2D eigenvalue weighted by atomic mass is 9.95. The van der Waals surface area contributed by atoms with Gasteiger partial charge >= 0.3 is 6.18 Å². The van der Waals surface area contributed by atoms with E-state index in [2.05, 4.69) is 33.1 Å². The molecule has 0 aliphatic carbocycles. The summed E-state index contributed by atoms with van der Waals surface area (Å²) in [6.07, 6.45) is -5.02. The van der Waals surface area contributed by atoms with Crippen LogP contribution in [0.5, 0.6) is 11.5 Å². The van der Waals surface area contributed by atoms with Gasteiger partial charge in [0.2, 0.25) is 5.91 Å². The number of halogens is 4. The number of nitrogens with zero attached hydrogens (tertiary/aromatic N) is 3. The first kappa shape index (κ1) is 44.9. The molecule has 0 saturated carbocycles. The number of carbonyl (C=O) groups excluding carboxylic acids is 2. The van der Waals surface area contributed by atoms with Crippen molar-refractivity contribution < 1.29 is 41.7 Å². The van der Waals surface area contributed by atoms with Gasteiger partial charge in [-0.3, -0.25) is 9.59 Å². The number of anilines is 3. The SMILES string of the molecule is COc1cc(C(=O)NCC(C)Oc2ccc3c(c2)N(C)[C@@H](C(C)C)C(=O)N[C@H](CO)C3)ccc1NCC#Cc1cc2c(N[C@@H]3CCN(C)C[C@@H]3F)cccc2n1CC(F)(F)F. The molecule has 5 atom stereocenters. The summed E-state index contributed by atoms with van der Waals surface area (Å²) in [7, 11) is 5.18. The maximum Gasteiger partial charge on any atom is 0.406 e. The Morgan fingerprint density at radius 3 is 2.56 bits per heavy atom. The number of aliphatic hydroxyl groups excluding tert-OH is 1. The van der Waals surface area contributed by atoms with Crippen molar-refractivity contribution in [3.63, 3.8) is 0 Å². The zero-order chi connectivity index (χ0) is 44.0. The van der Waals surface area contributed by atoms with Crippen LogP contribution in [0.2, 0.25) is 0 Å². The molecule has 328 valence electrons. The summed E-state index contributed by atoms with van der Waals surface area (Å²) in [5.41, 5.74) is 3.71. The highest BCUT2D eigenvalue weighted by Crippen LogP contribution is 2.33. The van der Waals surface area contributed by atoms with Crippen molar-refractivity contribution in [2.24, 2.45) is 5.92 Å². The molecule has 1 unspecified atom stereocenters. The Kier molecular flexibility index (Phi) is 14.3. The van der Waals surface area contributed by atoms with Gasteiger partial charge < -0.3 is 50.2 Å². The third kappa shape index (κ3) is 11.0. The van der Waals surface area contributed by atoms with Crippen LogP contribution in [-0.2, 0) is 17.8 Å². The highest BCUT2D eigenvalue weighted by molar-refractivity contribution is 5.95. The van der Waals surface area contributed by atoms with Gasteiger partial charge in [-0.15, -0.1) is 0 Å². The third-order valence-corrected chi connectivity index (χ3v) is 11.1. The fourth-order valence-corrected chi connectivity index (χ4v) is 8.05. The van der Waals surface area contributed by atoms with E-state index >= 15 is 0 Å². The molecule has 3 aromatic carbocycles. The van der Waals surface area contributed by atoms with E-state index in [1.54, 1.807) is 42.5 Å². The molecule has 4 aromatic rings. The maximum atomic E-state index is 14.9. The zero-order valence-corrected chi connectivity index (χ0v) is 35.3. The van der Waals surface area contributed by atoms with E-state index in [9.17, 15) is 32.3 Å². The number of alkyl halides is 4. The number of rotatable bonds is 13. The number of hydrogen-bond donors (Lipinski definition) is 5. The van der Waals surface area contributed by atoms with E-state index in [1.165, 1.54) is 7.11 Å². The van der Waals surface area contributed by atoms with Crippen LogP contribution in [0.1, 0.15) is 48.8 Å². The molecule has 2 aliphatic heterocycles. The Morgan fingerprint density at radius 1 is 1.07 bits per heavy atom. The molecule has 1 saturated heterocycles. The molecule has 3 heterocycles. The number of amides is 2. The summed E-state index contributed by atoms with van der Waals surface area (Å²) in [5.74, 6) is 6.23. The molecule has 5 N–H and O–H groups in total. The lowest BCUT2D eigenvalue weighted by Crippen LogP contribution is -2.54. The number of likely N-dealkylation sites (N-methyl/N-ethyl adjacent to an activating group) is 1. The lowest BCUT2D eigenvalue weighted by molar-refractivity contribution is -0.140. The van der Waals surface area contributed by atoms with E-state index in [0.29, 0.717) is 58.7 Å². The van der Waals surface area contributed by atoms with Crippen molar-refractivity contribution in [3.8, 4) is 23.3 Å². The van der Waals surface area contributed by atoms with Gasteiger partial charge in [0.15, 0.2) is 0 Å². The number of methoxy groups -OCH3 is 1. The molecule has 61 heavy (non-hydrogen) atoms. The minimum Gasteiger partial charge on any atom is -0.495 e. The van der Waals surface area contributed by atoms with Crippen molar-refractivity contribution in [2.75, 3.05) is 69.5 Å². The summed E-state index contributed by atoms with van der Waals surface area (Å²) in [5, 5.41) is 22.6. The van der Waals surface area contributed by atoms with Crippen LogP contribution < -0.4 is 35.6 Å². The molecule has 2 amide bonds. The smallest absolute Gasteiger partial charge is 0.406 e. The van der Waals surface area contributed by atoms with Crippen LogP contribution in [0.25, 0.3) is 10.9 Å². The highest BCUT2D eigenvalue weighted by atomic mass is 19.4. The van der Waals surface area contributed by atoms with Crippen molar-refractivity contribution in [3.05, 3.63) is 77.5 Å². The first-order chi connectivity index (χ1) is 29.0. The quantitative estimate of drug-likeness (QED) is 0.0835. The fourth-order valence-electron chi connectivity index (χ4n) is 8.05. The number of aromatic nitrogens is 1. The largest absolute Gasteiger partial charge is 0.495 e. The number of hydrogen-bond acceptors (Lipinski definition) is 9. The lowest BCUT2D eigenvalue weighted by Gasteiger charge is -2.37. The third-order valence-electron chi connectivity index (χ3n) is 11.1. The molecule has 12 nitrogen and oxygen atoms in total. The summed E-state index contributed by atoms with van der Waals surface area (Å²) >= 11 is 0.